The third-order valence-corrected chi connectivity index (χ3v) is 8.14. The van der Waals surface area contributed by atoms with E-state index >= 15 is 0 Å². The number of aliphatic carboxylic acids is 1. The van der Waals surface area contributed by atoms with Crippen molar-refractivity contribution in [2.45, 2.75) is 130 Å². The summed E-state index contributed by atoms with van der Waals surface area (Å²) in [4.78, 5) is 11.8. The smallest absolute Gasteiger partial charge is 0.335 e. The van der Waals surface area contributed by atoms with Gasteiger partial charge in [-0.05, 0) is 6.92 Å². The molecule has 0 bridgehead atoms. The van der Waals surface area contributed by atoms with Gasteiger partial charge >= 0.3 is 5.97 Å². The van der Waals surface area contributed by atoms with Crippen LogP contribution in [0.4, 0.5) is 0 Å². The summed E-state index contributed by atoms with van der Waals surface area (Å²) in [6.45, 7) is -0.465. The summed E-state index contributed by atoms with van der Waals surface area (Å²) < 4.78 is 37.9. The molecule has 0 aliphatic carbocycles. The second-order valence-corrected chi connectivity index (χ2v) is 11.2. The molecule has 4 rings (SSSR count). The minimum atomic E-state index is -2.28. The van der Waals surface area contributed by atoms with E-state index < -0.39 is 142 Å². The molecule has 0 radical (unpaired) electrons. The number of ether oxygens (including phenoxy) is 7. The van der Waals surface area contributed by atoms with Crippen LogP contribution in [0.3, 0.4) is 0 Å². The summed E-state index contributed by atoms with van der Waals surface area (Å²) in [5.74, 6) is -1.79. The average Bonchev–Trinajstić information content (AvgIpc) is 3.00. The van der Waals surface area contributed by atoms with Gasteiger partial charge in [-0.2, -0.15) is 0 Å². The van der Waals surface area contributed by atoms with Crippen LogP contribution in [0.5, 0.6) is 0 Å². The molecule has 13 N–H and O–H groups in total. The molecule has 262 valence electrons. The Morgan fingerprint density at radius 3 is 1.56 bits per heavy atom. The van der Waals surface area contributed by atoms with Gasteiger partial charge in [0.1, 0.15) is 85.5 Å². The molecular formula is C24H40O21. The standard InChI is InChI=1S/C24H40O21/c1-4-7(27)10(30)13(33)22(39-4)44-18-12(32)9(29)6(3-26)41-24(18)43-16-15(35)17(20(36)37)42-21(38)19(16)45-23-14(34)11(31)8(28)5(2-25)40-23/h4-19,21-35,38H,2-3H2,1H3,(H,36,37)/t4-,5+,6+,7-,8+,9-,10+,11-,12-,13+,14+,15-,16-,17-,18+,19+,21?,22-,23-,24-/m0/s1. The molecule has 4 aliphatic rings. The lowest BCUT2D eigenvalue weighted by atomic mass is 9.95. The third kappa shape index (κ3) is 7.26. The Kier molecular flexibility index (Phi) is 12.1. The highest BCUT2D eigenvalue weighted by Gasteiger charge is 2.56. The zero-order valence-corrected chi connectivity index (χ0v) is 23.5. The van der Waals surface area contributed by atoms with Gasteiger partial charge in [0.05, 0.1) is 19.3 Å². The quantitative estimate of drug-likeness (QED) is 0.109. The van der Waals surface area contributed by atoms with Gasteiger partial charge < -0.3 is 99.5 Å². The Morgan fingerprint density at radius 2 is 1.00 bits per heavy atom. The van der Waals surface area contributed by atoms with Gasteiger partial charge in [-0.25, -0.2) is 4.79 Å². The fourth-order valence-corrected chi connectivity index (χ4v) is 5.42. The molecule has 0 aromatic carbocycles. The molecule has 4 fully saturated rings. The van der Waals surface area contributed by atoms with E-state index in [4.69, 9.17) is 33.2 Å². The normalized spacial score (nSPS) is 52.8. The van der Waals surface area contributed by atoms with Crippen LogP contribution in [0.25, 0.3) is 0 Å². The van der Waals surface area contributed by atoms with E-state index in [0.29, 0.717) is 0 Å². The van der Waals surface area contributed by atoms with Crippen LogP contribution in [-0.4, -0.2) is 208 Å². The van der Waals surface area contributed by atoms with E-state index in [1.807, 2.05) is 0 Å². The van der Waals surface area contributed by atoms with Crippen molar-refractivity contribution in [1.29, 1.82) is 0 Å². The fourth-order valence-electron chi connectivity index (χ4n) is 5.42. The monoisotopic (exact) mass is 664 g/mol. The van der Waals surface area contributed by atoms with Gasteiger partial charge in [-0.3, -0.25) is 0 Å². The number of aliphatic hydroxyl groups is 12. The van der Waals surface area contributed by atoms with Crippen LogP contribution >= 0.6 is 0 Å². The van der Waals surface area contributed by atoms with Gasteiger partial charge in [0, 0.05) is 0 Å². The molecule has 0 saturated carbocycles. The molecule has 21 heteroatoms. The highest BCUT2D eigenvalue weighted by Crippen LogP contribution is 2.35. The van der Waals surface area contributed by atoms with E-state index in [1.54, 1.807) is 0 Å². The zero-order chi connectivity index (χ0) is 33.5. The lowest BCUT2D eigenvalue weighted by Crippen LogP contribution is -2.68. The summed E-state index contributed by atoms with van der Waals surface area (Å²) in [6.07, 6.45) is -37.6. The van der Waals surface area contributed by atoms with Crippen molar-refractivity contribution in [3.63, 3.8) is 0 Å². The molecule has 4 heterocycles. The molecule has 0 aromatic rings. The van der Waals surface area contributed by atoms with Crippen molar-refractivity contribution in [3.8, 4) is 0 Å². The number of carbonyl (C=O) groups is 1. The van der Waals surface area contributed by atoms with E-state index in [-0.39, 0.29) is 0 Å². The predicted molar refractivity (Wildman–Crippen MR) is 133 cm³/mol. The van der Waals surface area contributed by atoms with Gasteiger partial charge in [0.25, 0.3) is 0 Å². The molecule has 0 aromatic heterocycles. The van der Waals surface area contributed by atoms with E-state index in [9.17, 15) is 71.2 Å². The van der Waals surface area contributed by atoms with Gasteiger partial charge in [-0.1, -0.05) is 0 Å². The molecule has 4 saturated heterocycles. The third-order valence-electron chi connectivity index (χ3n) is 8.14. The Bertz CT molecular complexity index is 973. The minimum Gasteiger partial charge on any atom is -0.479 e. The Hall–Kier alpha value is -1.29. The number of hydrogen-bond acceptors (Lipinski definition) is 20. The molecule has 1 unspecified atom stereocenters. The molecule has 45 heavy (non-hydrogen) atoms. The topological polar surface area (TPSA) is 345 Å². The van der Waals surface area contributed by atoms with Crippen molar-refractivity contribution in [2.24, 2.45) is 0 Å². The van der Waals surface area contributed by atoms with Crippen LogP contribution in [-0.2, 0) is 38.0 Å². The first kappa shape index (κ1) is 36.5. The highest BCUT2D eigenvalue weighted by atomic mass is 16.8. The van der Waals surface area contributed by atoms with Crippen molar-refractivity contribution >= 4 is 5.97 Å². The van der Waals surface area contributed by atoms with Crippen molar-refractivity contribution < 1.29 is 104 Å². The molecule has 0 spiro atoms. The Morgan fingerprint density at radius 1 is 0.533 bits per heavy atom. The number of carboxylic acid groups (broad SMARTS) is 1. The Labute approximate surface area is 253 Å². The molecular weight excluding hydrogens is 624 g/mol. The molecule has 20 atom stereocenters. The van der Waals surface area contributed by atoms with Crippen molar-refractivity contribution in [1.82, 2.24) is 0 Å². The maximum absolute atomic E-state index is 11.8. The van der Waals surface area contributed by atoms with Crippen molar-refractivity contribution in [2.75, 3.05) is 13.2 Å². The average molecular weight is 665 g/mol. The van der Waals surface area contributed by atoms with E-state index in [0.717, 1.165) is 0 Å². The van der Waals surface area contributed by atoms with Crippen LogP contribution in [0.1, 0.15) is 6.92 Å². The van der Waals surface area contributed by atoms with Crippen LogP contribution < -0.4 is 0 Å². The first-order valence-corrected chi connectivity index (χ1v) is 14.0. The SMILES string of the molecule is C[C@@H]1O[C@@H](O[C@H]2[C@H](O[C@H]3[C@H](O)[C@@H](C(=O)O)OC(O)[C@@H]3O[C@@H]3O[C@H](CO)[C@@H](O)[C@H](O)[C@H]3O)O[C@H](CO)[C@H](O)[C@@H]2O)[C@H](O)[C@H](O)[C@H]1O. The number of aliphatic hydroxyl groups excluding tert-OH is 12. The summed E-state index contributed by atoms with van der Waals surface area (Å²) in [5, 5.41) is 133. The second-order valence-electron chi connectivity index (χ2n) is 11.2. The summed E-state index contributed by atoms with van der Waals surface area (Å²) >= 11 is 0. The van der Waals surface area contributed by atoms with Gasteiger partial charge in [-0.15, -0.1) is 0 Å². The zero-order valence-electron chi connectivity index (χ0n) is 23.5. The highest BCUT2D eigenvalue weighted by molar-refractivity contribution is 5.73. The van der Waals surface area contributed by atoms with Crippen molar-refractivity contribution in [3.05, 3.63) is 0 Å². The van der Waals surface area contributed by atoms with Gasteiger partial charge in [0.15, 0.2) is 31.3 Å². The molecule has 0 amide bonds. The van der Waals surface area contributed by atoms with Crippen LogP contribution in [0.15, 0.2) is 0 Å². The first-order valence-electron chi connectivity index (χ1n) is 14.0. The van der Waals surface area contributed by atoms with Crippen LogP contribution in [0, 0.1) is 0 Å². The minimum absolute atomic E-state index is 0.866. The summed E-state index contributed by atoms with van der Waals surface area (Å²) in [6, 6.07) is 0. The van der Waals surface area contributed by atoms with Gasteiger partial charge in [0.2, 0.25) is 0 Å². The largest absolute Gasteiger partial charge is 0.479 e. The molecule has 4 aliphatic heterocycles. The summed E-state index contributed by atoms with van der Waals surface area (Å²) in [5.41, 5.74) is 0. The molecule has 21 nitrogen and oxygen atoms in total. The van der Waals surface area contributed by atoms with Crippen LogP contribution in [0.2, 0.25) is 0 Å². The maximum atomic E-state index is 11.8. The van der Waals surface area contributed by atoms with E-state index in [1.165, 1.54) is 6.92 Å². The van der Waals surface area contributed by atoms with E-state index in [2.05, 4.69) is 0 Å². The fraction of sp³-hybridized carbons (Fsp3) is 0.958. The second kappa shape index (κ2) is 14.9. The first-order chi connectivity index (χ1) is 21.1. The summed E-state index contributed by atoms with van der Waals surface area (Å²) in [7, 11) is 0. The predicted octanol–water partition coefficient (Wildman–Crippen LogP) is -8.63. The number of carboxylic acids is 1. The lowest BCUT2D eigenvalue weighted by Gasteiger charge is -2.49. The number of rotatable bonds is 9. The lowest BCUT2D eigenvalue weighted by molar-refractivity contribution is -0.399. The number of hydrogen-bond donors (Lipinski definition) is 13. The maximum Gasteiger partial charge on any atom is 0.335 e. The Balaban J connectivity index is 1.64.